The Kier molecular flexibility index (Phi) is 5.01. The summed E-state index contributed by atoms with van der Waals surface area (Å²) in [6.07, 6.45) is 0.572. The van der Waals surface area contributed by atoms with Crippen LogP contribution in [-0.4, -0.2) is 6.54 Å². The topological polar surface area (TPSA) is 35.8 Å². The minimum Gasteiger partial charge on any atom is -0.312 e. The van der Waals surface area contributed by atoms with E-state index in [9.17, 15) is 0 Å². The van der Waals surface area contributed by atoms with E-state index >= 15 is 0 Å². The highest BCUT2D eigenvalue weighted by Gasteiger charge is 2.03. The van der Waals surface area contributed by atoms with Gasteiger partial charge in [-0.1, -0.05) is 32.0 Å². The van der Waals surface area contributed by atoms with E-state index in [1.165, 1.54) is 16.7 Å². The highest BCUT2D eigenvalue weighted by molar-refractivity contribution is 5.32. The average Bonchev–Trinajstić information content (AvgIpc) is 2.26. The Balaban J connectivity index is 2.64. The fourth-order valence-corrected chi connectivity index (χ4v) is 1.61. The van der Waals surface area contributed by atoms with Gasteiger partial charge in [0.1, 0.15) is 0 Å². The summed E-state index contributed by atoms with van der Waals surface area (Å²) >= 11 is 0. The van der Waals surface area contributed by atoms with Crippen LogP contribution in [-0.2, 0) is 6.54 Å². The normalized spacial score (nSPS) is 10.4. The van der Waals surface area contributed by atoms with Gasteiger partial charge in [0.05, 0.1) is 6.07 Å². The third kappa shape index (κ3) is 3.67. The predicted octanol–water partition coefficient (Wildman–Crippen LogP) is 3.12. The Morgan fingerprint density at radius 1 is 1.38 bits per heavy atom. The minimum atomic E-state index is 0.568. The lowest BCUT2D eigenvalue weighted by molar-refractivity contribution is 0.694. The maximum atomic E-state index is 8.44. The van der Waals surface area contributed by atoms with Crippen LogP contribution < -0.4 is 5.32 Å². The third-order valence-corrected chi connectivity index (χ3v) is 2.77. The van der Waals surface area contributed by atoms with Crippen LogP contribution in [0, 0.1) is 18.3 Å². The summed E-state index contributed by atoms with van der Waals surface area (Å²) in [6, 6.07) is 8.77. The van der Waals surface area contributed by atoms with Crippen LogP contribution >= 0.6 is 0 Å². The van der Waals surface area contributed by atoms with Gasteiger partial charge in [-0.05, 0) is 29.5 Å². The molecule has 0 aliphatic rings. The molecule has 0 fully saturated rings. The van der Waals surface area contributed by atoms with Crippen molar-refractivity contribution in [3.63, 3.8) is 0 Å². The van der Waals surface area contributed by atoms with Crippen molar-refractivity contribution in [2.24, 2.45) is 0 Å². The number of benzene rings is 1. The number of hydrogen-bond donors (Lipinski definition) is 1. The van der Waals surface area contributed by atoms with E-state index in [0.29, 0.717) is 12.3 Å². The molecule has 0 aliphatic heterocycles. The fourth-order valence-electron chi connectivity index (χ4n) is 1.61. The molecule has 0 heterocycles. The second-order valence-corrected chi connectivity index (χ2v) is 4.43. The van der Waals surface area contributed by atoms with Gasteiger partial charge in [-0.2, -0.15) is 5.26 Å². The van der Waals surface area contributed by atoms with Crippen molar-refractivity contribution in [2.75, 3.05) is 6.54 Å². The summed E-state index contributed by atoms with van der Waals surface area (Å²) in [4.78, 5) is 0. The van der Waals surface area contributed by atoms with Crippen molar-refractivity contribution < 1.29 is 0 Å². The standard InChI is InChI=1S/C14H20N2/c1-11(2)13-6-5-12(3)14(9-13)10-16-8-4-7-15/h5-6,9,11,16H,4,8,10H2,1-3H3. The highest BCUT2D eigenvalue weighted by Crippen LogP contribution is 2.18. The molecule has 0 amide bonds. The van der Waals surface area contributed by atoms with Gasteiger partial charge in [0, 0.05) is 19.5 Å². The van der Waals surface area contributed by atoms with E-state index in [0.717, 1.165) is 13.1 Å². The van der Waals surface area contributed by atoms with Crippen LogP contribution in [0.1, 0.15) is 42.9 Å². The van der Waals surface area contributed by atoms with Crippen molar-refractivity contribution in [1.29, 1.82) is 5.26 Å². The van der Waals surface area contributed by atoms with Crippen LogP contribution in [0.25, 0.3) is 0 Å². The molecule has 0 aliphatic carbocycles. The molecule has 2 heteroatoms. The van der Waals surface area contributed by atoms with Crippen molar-refractivity contribution in [2.45, 2.75) is 39.7 Å². The maximum Gasteiger partial charge on any atom is 0.0635 e. The summed E-state index contributed by atoms with van der Waals surface area (Å²) < 4.78 is 0. The monoisotopic (exact) mass is 216 g/mol. The van der Waals surface area contributed by atoms with Gasteiger partial charge >= 0.3 is 0 Å². The van der Waals surface area contributed by atoms with Crippen molar-refractivity contribution >= 4 is 0 Å². The van der Waals surface area contributed by atoms with Gasteiger partial charge in [0.2, 0.25) is 0 Å². The first-order chi connectivity index (χ1) is 7.65. The lowest BCUT2D eigenvalue weighted by atomic mass is 9.98. The molecule has 86 valence electrons. The van der Waals surface area contributed by atoms with Crippen molar-refractivity contribution in [3.05, 3.63) is 34.9 Å². The van der Waals surface area contributed by atoms with Gasteiger partial charge in [0.15, 0.2) is 0 Å². The lowest BCUT2D eigenvalue weighted by Crippen LogP contribution is -2.15. The van der Waals surface area contributed by atoms with Crippen LogP contribution in [0.15, 0.2) is 18.2 Å². The first kappa shape index (κ1) is 12.7. The molecular weight excluding hydrogens is 196 g/mol. The number of nitriles is 1. The van der Waals surface area contributed by atoms with Crippen molar-refractivity contribution in [3.8, 4) is 6.07 Å². The third-order valence-electron chi connectivity index (χ3n) is 2.77. The molecule has 1 N–H and O–H groups in total. The number of aryl methyl sites for hydroxylation is 1. The Morgan fingerprint density at radius 2 is 2.12 bits per heavy atom. The van der Waals surface area contributed by atoms with Crippen LogP contribution in [0.5, 0.6) is 0 Å². The Hall–Kier alpha value is -1.33. The maximum absolute atomic E-state index is 8.44. The van der Waals surface area contributed by atoms with Gasteiger partial charge in [-0.25, -0.2) is 0 Å². The van der Waals surface area contributed by atoms with E-state index in [2.05, 4.69) is 50.4 Å². The SMILES string of the molecule is Cc1ccc(C(C)C)cc1CNCCC#N. The quantitative estimate of drug-likeness (QED) is 0.768. The average molecular weight is 216 g/mol. The second-order valence-electron chi connectivity index (χ2n) is 4.43. The van der Waals surface area contributed by atoms with E-state index in [1.807, 2.05) is 0 Å². The van der Waals surface area contributed by atoms with Crippen LogP contribution in [0.4, 0.5) is 0 Å². The zero-order chi connectivity index (χ0) is 12.0. The Bertz CT molecular complexity index is 375. The molecule has 0 aromatic heterocycles. The molecule has 0 radical (unpaired) electrons. The largest absolute Gasteiger partial charge is 0.312 e. The highest BCUT2D eigenvalue weighted by atomic mass is 14.8. The molecule has 1 aromatic rings. The number of nitrogens with zero attached hydrogens (tertiary/aromatic N) is 1. The smallest absolute Gasteiger partial charge is 0.0635 e. The molecule has 0 saturated heterocycles. The Labute approximate surface area is 98.3 Å². The fraction of sp³-hybridized carbons (Fsp3) is 0.500. The molecule has 0 spiro atoms. The summed E-state index contributed by atoms with van der Waals surface area (Å²) in [7, 11) is 0. The van der Waals surface area contributed by atoms with Crippen molar-refractivity contribution in [1.82, 2.24) is 5.32 Å². The van der Waals surface area contributed by atoms with Crippen LogP contribution in [0.3, 0.4) is 0 Å². The summed E-state index contributed by atoms with van der Waals surface area (Å²) in [5.41, 5.74) is 4.03. The van der Waals surface area contributed by atoms with Gasteiger partial charge in [-0.15, -0.1) is 0 Å². The van der Waals surface area contributed by atoms with E-state index in [-0.39, 0.29) is 0 Å². The second kappa shape index (κ2) is 6.30. The first-order valence-corrected chi connectivity index (χ1v) is 5.82. The van der Waals surface area contributed by atoms with Crippen LogP contribution in [0.2, 0.25) is 0 Å². The van der Waals surface area contributed by atoms with Gasteiger partial charge < -0.3 is 5.32 Å². The molecule has 2 nitrogen and oxygen atoms in total. The zero-order valence-corrected chi connectivity index (χ0v) is 10.4. The molecular formula is C14H20N2. The minimum absolute atomic E-state index is 0.568. The number of rotatable bonds is 5. The molecule has 1 rings (SSSR count). The van der Waals surface area contributed by atoms with E-state index in [4.69, 9.17) is 5.26 Å². The summed E-state index contributed by atoms with van der Waals surface area (Å²) in [5.74, 6) is 0.568. The first-order valence-electron chi connectivity index (χ1n) is 5.82. The summed E-state index contributed by atoms with van der Waals surface area (Å²) in [5, 5.41) is 11.7. The van der Waals surface area contributed by atoms with Gasteiger partial charge in [-0.3, -0.25) is 0 Å². The Morgan fingerprint density at radius 3 is 2.75 bits per heavy atom. The molecule has 0 saturated carbocycles. The zero-order valence-electron chi connectivity index (χ0n) is 10.4. The molecule has 16 heavy (non-hydrogen) atoms. The molecule has 0 atom stereocenters. The lowest BCUT2D eigenvalue weighted by Gasteiger charge is -2.11. The number of hydrogen-bond acceptors (Lipinski definition) is 2. The molecule has 1 aromatic carbocycles. The van der Waals surface area contributed by atoms with E-state index < -0.39 is 0 Å². The van der Waals surface area contributed by atoms with Gasteiger partial charge in [0.25, 0.3) is 0 Å². The molecule has 0 bridgehead atoms. The van der Waals surface area contributed by atoms with E-state index in [1.54, 1.807) is 0 Å². The number of nitrogens with one attached hydrogen (secondary N) is 1. The molecule has 0 unspecified atom stereocenters. The predicted molar refractivity (Wildman–Crippen MR) is 67.2 cm³/mol. The summed E-state index contributed by atoms with van der Waals surface area (Å²) in [6.45, 7) is 8.16.